The van der Waals surface area contributed by atoms with Crippen LogP contribution in [0, 0.1) is 12.7 Å². The van der Waals surface area contributed by atoms with Gasteiger partial charge in [-0.25, -0.2) is 9.82 Å². The van der Waals surface area contributed by atoms with Crippen molar-refractivity contribution in [2.45, 2.75) is 20.5 Å². The van der Waals surface area contributed by atoms with Crippen molar-refractivity contribution in [1.29, 1.82) is 0 Å². The predicted molar refractivity (Wildman–Crippen MR) is 130 cm³/mol. The highest BCUT2D eigenvalue weighted by molar-refractivity contribution is 9.10. The van der Waals surface area contributed by atoms with E-state index in [1.807, 2.05) is 13.0 Å². The summed E-state index contributed by atoms with van der Waals surface area (Å²) in [6.45, 7) is 3.49. The number of amides is 2. The molecule has 0 atom stereocenters. The molecule has 0 fully saturated rings. The van der Waals surface area contributed by atoms with E-state index < -0.39 is 17.6 Å². The zero-order valence-corrected chi connectivity index (χ0v) is 20.1. The molecule has 0 spiro atoms. The first-order chi connectivity index (χ1) is 15.7. The minimum atomic E-state index is -0.890. The van der Waals surface area contributed by atoms with Crippen molar-refractivity contribution in [3.05, 3.63) is 92.7 Å². The first kappa shape index (κ1) is 24.4. The number of halogens is 3. The predicted octanol–water partition coefficient (Wildman–Crippen LogP) is 5.61. The van der Waals surface area contributed by atoms with E-state index >= 15 is 0 Å². The minimum Gasteiger partial charge on any atom is -0.489 e. The second-order valence-corrected chi connectivity index (χ2v) is 8.39. The maximum absolute atomic E-state index is 13.8. The van der Waals surface area contributed by atoms with Gasteiger partial charge in [-0.1, -0.05) is 33.6 Å². The summed E-state index contributed by atoms with van der Waals surface area (Å²) in [5, 5.41) is 6.83. The summed E-state index contributed by atoms with van der Waals surface area (Å²) in [7, 11) is 0. The van der Waals surface area contributed by atoms with Gasteiger partial charge in [0.05, 0.1) is 10.7 Å². The summed E-state index contributed by atoms with van der Waals surface area (Å²) < 4.78 is 20.3. The number of anilines is 1. The van der Waals surface area contributed by atoms with Crippen molar-refractivity contribution in [2.24, 2.45) is 5.10 Å². The number of hydrogen-bond acceptors (Lipinski definition) is 4. The van der Waals surface area contributed by atoms with E-state index in [0.29, 0.717) is 27.7 Å². The van der Waals surface area contributed by atoms with E-state index in [4.69, 9.17) is 16.3 Å². The van der Waals surface area contributed by atoms with Crippen molar-refractivity contribution in [3.8, 4) is 5.75 Å². The maximum atomic E-state index is 13.8. The fraction of sp³-hybridized carbons (Fsp3) is 0.125. The summed E-state index contributed by atoms with van der Waals surface area (Å²) in [5.74, 6) is -1.64. The highest BCUT2D eigenvalue weighted by atomic mass is 79.9. The molecular formula is C24H20BrClFN3O3. The molecule has 0 aliphatic heterocycles. The number of hydrazone groups is 1. The Balaban J connectivity index is 1.56. The van der Waals surface area contributed by atoms with Gasteiger partial charge in [-0.2, -0.15) is 5.10 Å². The molecule has 0 bridgehead atoms. The molecule has 0 saturated heterocycles. The number of benzene rings is 3. The highest BCUT2D eigenvalue weighted by Crippen LogP contribution is 2.22. The summed E-state index contributed by atoms with van der Waals surface area (Å²) in [5.41, 5.74) is 5.06. The maximum Gasteiger partial charge on any atom is 0.329 e. The molecule has 3 aromatic carbocycles. The molecule has 0 aromatic heterocycles. The summed E-state index contributed by atoms with van der Waals surface area (Å²) in [4.78, 5) is 24.2. The second kappa shape index (κ2) is 11.1. The molecule has 33 heavy (non-hydrogen) atoms. The van der Waals surface area contributed by atoms with Gasteiger partial charge in [0.2, 0.25) is 0 Å². The average Bonchev–Trinajstić information content (AvgIpc) is 2.79. The molecule has 6 nitrogen and oxygen atoms in total. The third kappa shape index (κ3) is 6.63. The fourth-order valence-corrected chi connectivity index (χ4v) is 3.51. The van der Waals surface area contributed by atoms with Crippen LogP contribution in [0.1, 0.15) is 23.6 Å². The Labute approximate surface area is 203 Å². The van der Waals surface area contributed by atoms with E-state index in [-0.39, 0.29) is 12.2 Å². The van der Waals surface area contributed by atoms with Gasteiger partial charge in [-0.05, 0) is 79.6 Å². The molecule has 0 heterocycles. The molecule has 0 aliphatic rings. The van der Waals surface area contributed by atoms with Crippen LogP contribution >= 0.6 is 27.5 Å². The normalized spacial score (nSPS) is 11.1. The minimum absolute atomic E-state index is 0.0130. The molecule has 9 heteroatoms. The number of rotatable bonds is 6. The van der Waals surface area contributed by atoms with Crippen molar-refractivity contribution in [2.75, 3.05) is 5.32 Å². The topological polar surface area (TPSA) is 79.8 Å². The van der Waals surface area contributed by atoms with Crippen LogP contribution in [-0.2, 0) is 16.2 Å². The van der Waals surface area contributed by atoms with Gasteiger partial charge < -0.3 is 10.1 Å². The lowest BCUT2D eigenvalue weighted by atomic mass is 10.1. The van der Waals surface area contributed by atoms with Gasteiger partial charge in [-0.3, -0.25) is 9.59 Å². The number of hydrogen-bond donors (Lipinski definition) is 2. The molecule has 2 N–H and O–H groups in total. The van der Waals surface area contributed by atoms with Crippen molar-refractivity contribution < 1.29 is 18.7 Å². The zero-order valence-electron chi connectivity index (χ0n) is 17.8. The SMILES string of the molecule is C/C(=N\NC(=O)C(=O)Nc1ccc(Br)cc1C)c1ccc(OCc2c(F)cccc2Cl)cc1. The first-order valence-electron chi connectivity index (χ1n) is 9.82. The lowest BCUT2D eigenvalue weighted by molar-refractivity contribution is -0.136. The van der Waals surface area contributed by atoms with Crippen molar-refractivity contribution in [1.82, 2.24) is 5.43 Å². The number of carbonyl (C=O) groups is 2. The number of ether oxygens (including phenoxy) is 1. The van der Waals surface area contributed by atoms with Crippen LogP contribution in [0.5, 0.6) is 5.75 Å². The van der Waals surface area contributed by atoms with Gasteiger partial charge in [-0.15, -0.1) is 0 Å². The van der Waals surface area contributed by atoms with Gasteiger partial charge in [0, 0.05) is 15.7 Å². The average molecular weight is 533 g/mol. The molecule has 3 aromatic rings. The lowest BCUT2D eigenvalue weighted by Gasteiger charge is -2.10. The van der Waals surface area contributed by atoms with Crippen LogP contribution in [0.4, 0.5) is 10.1 Å². The smallest absolute Gasteiger partial charge is 0.329 e. The van der Waals surface area contributed by atoms with Gasteiger partial charge in [0.15, 0.2) is 0 Å². The van der Waals surface area contributed by atoms with Gasteiger partial charge in [0.1, 0.15) is 18.2 Å². The van der Waals surface area contributed by atoms with Crippen LogP contribution in [0.2, 0.25) is 5.02 Å². The largest absolute Gasteiger partial charge is 0.489 e. The van der Waals surface area contributed by atoms with Gasteiger partial charge in [0.25, 0.3) is 0 Å². The van der Waals surface area contributed by atoms with Gasteiger partial charge >= 0.3 is 11.8 Å². The van der Waals surface area contributed by atoms with Crippen LogP contribution in [0.3, 0.4) is 0 Å². The van der Waals surface area contributed by atoms with Crippen LogP contribution in [0.25, 0.3) is 0 Å². The monoisotopic (exact) mass is 531 g/mol. The third-order valence-electron chi connectivity index (χ3n) is 4.68. The Morgan fingerprint density at radius 3 is 2.48 bits per heavy atom. The Hall–Kier alpha value is -3.23. The van der Waals surface area contributed by atoms with Crippen LogP contribution in [-0.4, -0.2) is 17.5 Å². The van der Waals surface area contributed by atoms with Crippen molar-refractivity contribution in [3.63, 3.8) is 0 Å². The second-order valence-electron chi connectivity index (χ2n) is 7.06. The Bertz CT molecular complexity index is 1200. The molecule has 0 unspecified atom stereocenters. The number of nitrogens with zero attached hydrogens (tertiary/aromatic N) is 1. The molecule has 0 aliphatic carbocycles. The fourth-order valence-electron chi connectivity index (χ4n) is 2.81. The molecule has 3 rings (SSSR count). The van der Waals surface area contributed by atoms with Crippen molar-refractivity contribution >= 4 is 50.7 Å². The quantitative estimate of drug-likeness (QED) is 0.246. The van der Waals surface area contributed by atoms with E-state index in [1.54, 1.807) is 49.4 Å². The van der Waals surface area contributed by atoms with Crippen LogP contribution < -0.4 is 15.5 Å². The zero-order chi connectivity index (χ0) is 24.0. The molecule has 170 valence electrons. The summed E-state index contributed by atoms with van der Waals surface area (Å²) >= 11 is 9.35. The lowest BCUT2D eigenvalue weighted by Crippen LogP contribution is -2.33. The molecule has 0 radical (unpaired) electrons. The molecule has 2 amide bonds. The Morgan fingerprint density at radius 2 is 1.82 bits per heavy atom. The standard InChI is InChI=1S/C24H20BrClFN3O3/c1-14-12-17(25)8-11-22(14)28-23(31)24(32)30-29-15(2)16-6-9-18(10-7-16)33-13-19-20(26)4-3-5-21(19)27/h3-12H,13H2,1-2H3,(H,28,31)(H,30,32)/b29-15+. The Kier molecular flexibility index (Phi) is 8.19. The summed E-state index contributed by atoms with van der Waals surface area (Å²) in [6.07, 6.45) is 0. The van der Waals surface area contributed by atoms with E-state index in [1.165, 1.54) is 12.1 Å². The highest BCUT2D eigenvalue weighted by Gasteiger charge is 2.14. The number of nitrogens with one attached hydrogen (secondary N) is 2. The van der Waals surface area contributed by atoms with E-state index in [9.17, 15) is 14.0 Å². The number of aryl methyl sites for hydroxylation is 1. The Morgan fingerprint density at radius 1 is 1.09 bits per heavy atom. The van der Waals surface area contributed by atoms with E-state index in [2.05, 4.69) is 31.8 Å². The van der Waals surface area contributed by atoms with Crippen LogP contribution in [0.15, 0.2) is 70.2 Å². The third-order valence-corrected chi connectivity index (χ3v) is 5.53. The number of carbonyl (C=O) groups excluding carboxylic acids is 2. The van der Waals surface area contributed by atoms with E-state index in [0.717, 1.165) is 10.0 Å². The first-order valence-corrected chi connectivity index (χ1v) is 11.0. The molecule has 0 saturated carbocycles. The summed E-state index contributed by atoms with van der Waals surface area (Å²) in [6, 6.07) is 16.6. The molecular weight excluding hydrogens is 513 g/mol.